The molecule has 128 valence electrons. The Kier molecular flexibility index (Phi) is 5.22. The van der Waals surface area contributed by atoms with E-state index in [0.717, 1.165) is 18.5 Å². The molecule has 3 N–H and O–H groups in total. The van der Waals surface area contributed by atoms with Gasteiger partial charge in [0.25, 0.3) is 0 Å². The molecule has 1 aliphatic rings. The number of hydrogen-bond donors (Lipinski definition) is 2. The minimum atomic E-state index is -0.513. The molecule has 2 aromatic rings. The van der Waals surface area contributed by atoms with Crippen molar-refractivity contribution < 1.29 is 9.53 Å². The molecular weight excluding hydrogens is 306 g/mol. The fraction of sp³-hybridized carbons (Fsp3) is 0.471. The SMILES string of the molecule is CC(NC(=O)C(N)C1CCOCC1)c1cn(-c2ccccc2)nn1. The van der Waals surface area contributed by atoms with E-state index >= 15 is 0 Å². The van der Waals surface area contributed by atoms with Crippen LogP contribution in [0.4, 0.5) is 0 Å². The monoisotopic (exact) mass is 329 g/mol. The molecule has 2 atom stereocenters. The van der Waals surface area contributed by atoms with E-state index in [2.05, 4.69) is 15.6 Å². The van der Waals surface area contributed by atoms with E-state index in [1.54, 1.807) is 4.68 Å². The predicted molar refractivity (Wildman–Crippen MR) is 89.4 cm³/mol. The molecule has 7 heteroatoms. The van der Waals surface area contributed by atoms with Crippen molar-refractivity contribution in [1.82, 2.24) is 20.3 Å². The van der Waals surface area contributed by atoms with Crippen molar-refractivity contribution in [3.8, 4) is 5.69 Å². The topological polar surface area (TPSA) is 95.1 Å². The van der Waals surface area contributed by atoms with E-state index in [-0.39, 0.29) is 17.9 Å². The molecule has 0 saturated carbocycles. The van der Waals surface area contributed by atoms with Crippen molar-refractivity contribution in [3.63, 3.8) is 0 Å². The van der Waals surface area contributed by atoms with Crippen LogP contribution in [0.15, 0.2) is 36.5 Å². The van der Waals surface area contributed by atoms with Crippen LogP contribution in [0.2, 0.25) is 0 Å². The highest BCUT2D eigenvalue weighted by molar-refractivity contribution is 5.82. The molecule has 2 unspecified atom stereocenters. The van der Waals surface area contributed by atoms with Crippen LogP contribution in [0.5, 0.6) is 0 Å². The van der Waals surface area contributed by atoms with Crippen molar-refractivity contribution >= 4 is 5.91 Å². The maximum absolute atomic E-state index is 12.4. The van der Waals surface area contributed by atoms with Crippen molar-refractivity contribution in [2.75, 3.05) is 13.2 Å². The minimum Gasteiger partial charge on any atom is -0.381 e. The van der Waals surface area contributed by atoms with E-state index in [1.165, 1.54) is 0 Å². The maximum atomic E-state index is 12.4. The molecule has 2 heterocycles. The number of aromatic nitrogens is 3. The number of carbonyl (C=O) groups is 1. The first-order valence-corrected chi connectivity index (χ1v) is 8.26. The lowest BCUT2D eigenvalue weighted by molar-refractivity contribution is -0.125. The number of ether oxygens (including phenoxy) is 1. The average molecular weight is 329 g/mol. The van der Waals surface area contributed by atoms with Gasteiger partial charge in [0.1, 0.15) is 5.69 Å². The van der Waals surface area contributed by atoms with Gasteiger partial charge in [0.15, 0.2) is 0 Å². The number of benzene rings is 1. The largest absolute Gasteiger partial charge is 0.381 e. The molecule has 0 radical (unpaired) electrons. The molecule has 1 aromatic carbocycles. The number of amides is 1. The highest BCUT2D eigenvalue weighted by atomic mass is 16.5. The van der Waals surface area contributed by atoms with Crippen molar-refractivity contribution in [2.24, 2.45) is 11.7 Å². The van der Waals surface area contributed by atoms with Crippen LogP contribution in [0.3, 0.4) is 0 Å². The lowest BCUT2D eigenvalue weighted by Crippen LogP contribution is -2.47. The van der Waals surface area contributed by atoms with Crippen LogP contribution in [0.25, 0.3) is 5.69 Å². The molecule has 0 bridgehead atoms. The summed E-state index contributed by atoms with van der Waals surface area (Å²) in [6.07, 6.45) is 3.47. The fourth-order valence-electron chi connectivity index (χ4n) is 2.85. The van der Waals surface area contributed by atoms with Crippen molar-refractivity contribution in [1.29, 1.82) is 0 Å². The molecule has 1 aliphatic heterocycles. The van der Waals surface area contributed by atoms with Gasteiger partial charge < -0.3 is 15.8 Å². The lowest BCUT2D eigenvalue weighted by atomic mass is 9.91. The Morgan fingerprint density at radius 1 is 1.33 bits per heavy atom. The van der Waals surface area contributed by atoms with Crippen LogP contribution in [-0.2, 0) is 9.53 Å². The van der Waals surface area contributed by atoms with Crippen molar-refractivity contribution in [3.05, 3.63) is 42.2 Å². The van der Waals surface area contributed by atoms with Gasteiger partial charge in [-0.2, -0.15) is 0 Å². The molecule has 1 amide bonds. The van der Waals surface area contributed by atoms with Gasteiger partial charge in [0.2, 0.25) is 5.91 Å². The molecule has 0 aliphatic carbocycles. The minimum absolute atomic E-state index is 0.149. The van der Waals surface area contributed by atoms with Crippen LogP contribution < -0.4 is 11.1 Å². The van der Waals surface area contributed by atoms with Gasteiger partial charge in [-0.25, -0.2) is 4.68 Å². The molecule has 1 saturated heterocycles. The highest BCUT2D eigenvalue weighted by Gasteiger charge is 2.27. The maximum Gasteiger partial charge on any atom is 0.237 e. The molecule has 1 fully saturated rings. The summed E-state index contributed by atoms with van der Waals surface area (Å²) in [6, 6.07) is 8.96. The van der Waals surface area contributed by atoms with Gasteiger partial charge in [-0.1, -0.05) is 23.4 Å². The fourth-order valence-corrected chi connectivity index (χ4v) is 2.85. The van der Waals surface area contributed by atoms with Crippen LogP contribution in [-0.4, -0.2) is 40.2 Å². The van der Waals surface area contributed by atoms with Gasteiger partial charge in [-0.15, -0.1) is 5.10 Å². The summed E-state index contributed by atoms with van der Waals surface area (Å²) in [5.74, 6) is 0.0228. The Bertz CT molecular complexity index is 667. The van der Waals surface area contributed by atoms with Crippen LogP contribution in [0, 0.1) is 5.92 Å². The Morgan fingerprint density at radius 3 is 2.75 bits per heavy atom. The third-order valence-electron chi connectivity index (χ3n) is 4.41. The number of para-hydroxylation sites is 1. The number of carbonyl (C=O) groups excluding carboxylic acids is 1. The zero-order valence-corrected chi connectivity index (χ0v) is 13.8. The van der Waals surface area contributed by atoms with Gasteiger partial charge in [0.05, 0.1) is 24.0 Å². The standard InChI is InChI=1S/C17H23N5O2/c1-12(19-17(23)16(18)13-7-9-24-10-8-13)15-11-22(21-20-15)14-5-3-2-4-6-14/h2-6,11-13,16H,7-10,18H2,1H3,(H,19,23). The van der Waals surface area contributed by atoms with E-state index in [4.69, 9.17) is 10.5 Å². The van der Waals surface area contributed by atoms with Gasteiger partial charge >= 0.3 is 0 Å². The Balaban J connectivity index is 1.61. The van der Waals surface area contributed by atoms with E-state index < -0.39 is 6.04 Å². The summed E-state index contributed by atoms with van der Waals surface area (Å²) in [6.45, 7) is 3.23. The van der Waals surface area contributed by atoms with Gasteiger partial charge in [-0.05, 0) is 37.8 Å². The molecular formula is C17H23N5O2. The zero-order valence-electron chi connectivity index (χ0n) is 13.8. The zero-order chi connectivity index (χ0) is 16.9. The van der Waals surface area contributed by atoms with Gasteiger partial charge in [0, 0.05) is 13.2 Å². The second-order valence-corrected chi connectivity index (χ2v) is 6.13. The quantitative estimate of drug-likeness (QED) is 0.859. The smallest absolute Gasteiger partial charge is 0.237 e. The molecule has 1 aromatic heterocycles. The third-order valence-corrected chi connectivity index (χ3v) is 4.41. The Hall–Kier alpha value is -2.25. The second kappa shape index (κ2) is 7.55. The predicted octanol–water partition coefficient (Wildman–Crippen LogP) is 1.20. The first-order chi connectivity index (χ1) is 11.6. The first-order valence-electron chi connectivity index (χ1n) is 8.26. The molecule has 7 nitrogen and oxygen atoms in total. The number of nitrogens with zero attached hydrogens (tertiary/aromatic N) is 3. The van der Waals surface area contributed by atoms with Crippen LogP contribution in [0.1, 0.15) is 31.5 Å². The summed E-state index contributed by atoms with van der Waals surface area (Å²) in [7, 11) is 0. The van der Waals surface area contributed by atoms with E-state index in [1.807, 2.05) is 43.5 Å². The highest BCUT2D eigenvalue weighted by Crippen LogP contribution is 2.19. The number of nitrogens with one attached hydrogen (secondary N) is 1. The Labute approximate surface area is 141 Å². The summed E-state index contributed by atoms with van der Waals surface area (Å²) < 4.78 is 7.01. The van der Waals surface area contributed by atoms with Crippen molar-refractivity contribution in [2.45, 2.75) is 31.8 Å². The number of rotatable bonds is 5. The average Bonchev–Trinajstić information content (AvgIpc) is 3.13. The molecule has 0 spiro atoms. The normalized spacial score (nSPS) is 18.1. The number of nitrogens with two attached hydrogens (primary N) is 1. The molecule has 3 rings (SSSR count). The first kappa shape index (κ1) is 16.6. The van der Waals surface area contributed by atoms with E-state index in [9.17, 15) is 4.79 Å². The Morgan fingerprint density at radius 2 is 2.04 bits per heavy atom. The third kappa shape index (κ3) is 3.80. The molecule has 24 heavy (non-hydrogen) atoms. The summed E-state index contributed by atoms with van der Waals surface area (Å²) in [4.78, 5) is 12.4. The summed E-state index contributed by atoms with van der Waals surface area (Å²) in [5.41, 5.74) is 7.73. The lowest BCUT2D eigenvalue weighted by Gasteiger charge is -2.27. The summed E-state index contributed by atoms with van der Waals surface area (Å²) in [5, 5.41) is 11.2. The van der Waals surface area contributed by atoms with Crippen LogP contribution >= 0.6 is 0 Å². The number of hydrogen-bond acceptors (Lipinski definition) is 5. The van der Waals surface area contributed by atoms with E-state index in [0.29, 0.717) is 18.9 Å². The summed E-state index contributed by atoms with van der Waals surface area (Å²) >= 11 is 0. The second-order valence-electron chi connectivity index (χ2n) is 6.13. The van der Waals surface area contributed by atoms with Gasteiger partial charge in [-0.3, -0.25) is 4.79 Å².